The first-order valence-electron chi connectivity index (χ1n) is 8.33. The molecule has 1 heterocycles. The molecule has 1 aliphatic heterocycles. The molecule has 0 unspecified atom stereocenters. The molecule has 134 valence electrons. The van der Waals surface area contributed by atoms with Crippen LogP contribution < -0.4 is 5.32 Å². The van der Waals surface area contributed by atoms with Crippen LogP contribution in [0.1, 0.15) is 39.7 Å². The highest BCUT2D eigenvalue weighted by Gasteiger charge is 2.35. The molecule has 1 aromatic carbocycles. The Labute approximate surface area is 154 Å². The van der Waals surface area contributed by atoms with Crippen LogP contribution in [0.5, 0.6) is 0 Å². The first kappa shape index (κ1) is 19.4. The van der Waals surface area contributed by atoms with Gasteiger partial charge in [0.25, 0.3) is 0 Å². The average Bonchev–Trinajstić information content (AvgIpc) is 3.00. The summed E-state index contributed by atoms with van der Waals surface area (Å²) in [4.78, 5) is 0. The highest BCUT2D eigenvalue weighted by molar-refractivity contribution is 6.35. The Morgan fingerprint density at radius 2 is 2.04 bits per heavy atom. The van der Waals surface area contributed by atoms with Crippen molar-refractivity contribution in [3.63, 3.8) is 0 Å². The number of aliphatic hydroxyl groups is 1. The normalized spacial score (nSPS) is 18.4. The lowest BCUT2D eigenvalue weighted by molar-refractivity contribution is -0.0251. The van der Waals surface area contributed by atoms with Gasteiger partial charge in [0.2, 0.25) is 0 Å². The van der Waals surface area contributed by atoms with Crippen molar-refractivity contribution in [1.29, 1.82) is 0 Å². The molecule has 0 amide bonds. The Morgan fingerprint density at radius 1 is 1.33 bits per heavy atom. The summed E-state index contributed by atoms with van der Waals surface area (Å²) in [5.41, 5.74) is 0.876. The van der Waals surface area contributed by atoms with Crippen molar-refractivity contribution >= 4 is 29.5 Å². The third kappa shape index (κ3) is 5.01. The molecule has 2 rings (SSSR count). The van der Waals surface area contributed by atoms with Gasteiger partial charge in [0.1, 0.15) is 13.0 Å². The summed E-state index contributed by atoms with van der Waals surface area (Å²) in [5, 5.41) is 21.5. The molecule has 2 N–H and O–H groups in total. The lowest BCUT2D eigenvalue weighted by atomic mass is 9.80. The molecule has 4 nitrogen and oxygen atoms in total. The standard InChI is InChI=1S/C18H27Cl2N3O/c1-12(7-13-5-6-14(19)9-15(13)20)8-16(17(24)18(2,3)4)23-11-21-10-22-23/h5-6,9-10,12,16-17,24H,7-8,11H2,1-4H3,(H,21,22)/t12-,16+,17-/m0/s1. The van der Waals surface area contributed by atoms with E-state index in [1.807, 2.05) is 17.1 Å². The fourth-order valence-electron chi connectivity index (χ4n) is 3.04. The van der Waals surface area contributed by atoms with Crippen molar-refractivity contribution in [2.75, 3.05) is 6.67 Å². The van der Waals surface area contributed by atoms with Gasteiger partial charge in [0, 0.05) is 10.0 Å². The van der Waals surface area contributed by atoms with Crippen LogP contribution in [-0.4, -0.2) is 35.3 Å². The third-order valence-corrected chi connectivity index (χ3v) is 5.00. The maximum atomic E-state index is 10.8. The van der Waals surface area contributed by atoms with E-state index in [2.05, 4.69) is 38.1 Å². The van der Waals surface area contributed by atoms with E-state index < -0.39 is 6.10 Å². The molecule has 0 radical (unpaired) electrons. The van der Waals surface area contributed by atoms with E-state index >= 15 is 0 Å². The molecule has 0 saturated heterocycles. The van der Waals surface area contributed by atoms with Crippen LogP contribution in [0.4, 0.5) is 0 Å². The molecular formula is C18H27Cl2N3O. The van der Waals surface area contributed by atoms with E-state index in [4.69, 9.17) is 23.2 Å². The van der Waals surface area contributed by atoms with E-state index in [0.29, 0.717) is 22.6 Å². The van der Waals surface area contributed by atoms with Crippen molar-refractivity contribution in [3.8, 4) is 0 Å². The van der Waals surface area contributed by atoms with Gasteiger partial charge in [-0.2, -0.15) is 5.10 Å². The van der Waals surface area contributed by atoms with Crippen LogP contribution in [-0.2, 0) is 6.42 Å². The second kappa shape index (κ2) is 7.94. The number of benzene rings is 1. The number of aliphatic hydroxyl groups excluding tert-OH is 1. The van der Waals surface area contributed by atoms with Gasteiger partial charge in [-0.1, -0.05) is 57.0 Å². The van der Waals surface area contributed by atoms with Crippen LogP contribution in [0.3, 0.4) is 0 Å². The zero-order valence-corrected chi connectivity index (χ0v) is 16.3. The molecule has 0 aliphatic carbocycles. The maximum absolute atomic E-state index is 10.8. The molecule has 1 aliphatic rings. The number of nitrogens with zero attached hydrogens (tertiary/aromatic N) is 2. The first-order valence-corrected chi connectivity index (χ1v) is 9.08. The zero-order chi connectivity index (χ0) is 17.9. The van der Waals surface area contributed by atoms with E-state index in [1.54, 1.807) is 12.4 Å². The number of rotatable bonds is 6. The molecule has 3 atom stereocenters. The lowest BCUT2D eigenvalue weighted by Gasteiger charge is -2.38. The third-order valence-electron chi connectivity index (χ3n) is 4.41. The summed E-state index contributed by atoms with van der Waals surface area (Å²) in [6.07, 6.45) is 2.88. The number of hydrogen-bond acceptors (Lipinski definition) is 4. The van der Waals surface area contributed by atoms with Crippen LogP contribution in [0.15, 0.2) is 23.3 Å². The summed E-state index contributed by atoms with van der Waals surface area (Å²) in [6, 6.07) is 5.58. The summed E-state index contributed by atoms with van der Waals surface area (Å²) in [7, 11) is 0. The monoisotopic (exact) mass is 371 g/mol. The Balaban J connectivity index is 2.09. The predicted octanol–water partition coefficient (Wildman–Crippen LogP) is 4.14. The van der Waals surface area contributed by atoms with Gasteiger partial charge >= 0.3 is 0 Å². The van der Waals surface area contributed by atoms with Gasteiger partial charge in [-0.15, -0.1) is 0 Å². The quantitative estimate of drug-likeness (QED) is 0.789. The molecular weight excluding hydrogens is 345 g/mol. The van der Waals surface area contributed by atoms with Gasteiger partial charge in [-0.25, -0.2) is 0 Å². The Morgan fingerprint density at radius 3 is 2.58 bits per heavy atom. The number of nitrogens with one attached hydrogen (secondary N) is 1. The van der Waals surface area contributed by atoms with Crippen LogP contribution in [0, 0.1) is 11.3 Å². The number of hydrazone groups is 1. The van der Waals surface area contributed by atoms with E-state index in [0.717, 1.165) is 18.4 Å². The van der Waals surface area contributed by atoms with Crippen molar-refractivity contribution in [3.05, 3.63) is 33.8 Å². The van der Waals surface area contributed by atoms with Crippen molar-refractivity contribution in [2.45, 2.75) is 52.7 Å². The molecule has 6 heteroatoms. The SMILES string of the molecule is C[C@@H](Cc1ccc(Cl)cc1Cl)C[C@H]([C@H](O)C(C)(C)C)N1CNC=N1. The molecule has 0 spiro atoms. The minimum Gasteiger partial charge on any atom is -0.390 e. The van der Waals surface area contributed by atoms with Gasteiger partial charge < -0.3 is 10.4 Å². The predicted molar refractivity (Wildman–Crippen MR) is 102 cm³/mol. The van der Waals surface area contributed by atoms with Crippen LogP contribution in [0.2, 0.25) is 10.0 Å². The molecule has 0 bridgehead atoms. The van der Waals surface area contributed by atoms with Gasteiger partial charge in [-0.05, 0) is 41.9 Å². The highest BCUT2D eigenvalue weighted by Crippen LogP contribution is 2.31. The number of hydrogen-bond donors (Lipinski definition) is 2. The summed E-state index contributed by atoms with van der Waals surface area (Å²) in [6.45, 7) is 8.97. The van der Waals surface area contributed by atoms with Gasteiger partial charge in [-0.3, -0.25) is 5.01 Å². The van der Waals surface area contributed by atoms with Gasteiger partial charge in [0.15, 0.2) is 0 Å². The minimum atomic E-state index is -0.474. The molecule has 1 aromatic rings. The van der Waals surface area contributed by atoms with Crippen molar-refractivity contribution in [2.24, 2.45) is 16.4 Å². The Hall–Kier alpha value is -0.970. The smallest absolute Gasteiger partial charge is 0.110 e. The second-order valence-corrected chi connectivity index (χ2v) is 8.55. The summed E-state index contributed by atoms with van der Waals surface area (Å²) in [5.74, 6) is 0.349. The largest absolute Gasteiger partial charge is 0.390 e. The summed E-state index contributed by atoms with van der Waals surface area (Å²) < 4.78 is 0. The number of halogens is 2. The summed E-state index contributed by atoms with van der Waals surface area (Å²) >= 11 is 12.3. The van der Waals surface area contributed by atoms with Crippen LogP contribution in [0.25, 0.3) is 0 Å². The fourth-order valence-corrected chi connectivity index (χ4v) is 3.53. The fraction of sp³-hybridized carbons (Fsp3) is 0.611. The van der Waals surface area contributed by atoms with Crippen molar-refractivity contribution in [1.82, 2.24) is 10.3 Å². The average molecular weight is 372 g/mol. The molecule has 0 saturated carbocycles. The molecule has 0 fully saturated rings. The lowest BCUT2D eigenvalue weighted by Crippen LogP contribution is -2.48. The second-order valence-electron chi connectivity index (χ2n) is 7.71. The van der Waals surface area contributed by atoms with E-state index in [9.17, 15) is 5.11 Å². The highest BCUT2D eigenvalue weighted by atomic mass is 35.5. The van der Waals surface area contributed by atoms with E-state index in [1.165, 1.54) is 0 Å². The zero-order valence-electron chi connectivity index (χ0n) is 14.8. The van der Waals surface area contributed by atoms with Crippen LogP contribution >= 0.6 is 23.2 Å². The Bertz CT molecular complexity index is 586. The van der Waals surface area contributed by atoms with Crippen molar-refractivity contribution < 1.29 is 5.11 Å². The van der Waals surface area contributed by atoms with Gasteiger partial charge in [0.05, 0.1) is 12.1 Å². The molecule has 0 aromatic heterocycles. The molecule has 24 heavy (non-hydrogen) atoms. The first-order chi connectivity index (χ1) is 11.2. The topological polar surface area (TPSA) is 47.9 Å². The van der Waals surface area contributed by atoms with E-state index in [-0.39, 0.29) is 11.5 Å². The Kier molecular flexibility index (Phi) is 6.40. The minimum absolute atomic E-state index is 0.0441. The maximum Gasteiger partial charge on any atom is 0.110 e.